The minimum Gasteiger partial charge on any atom is -0.354 e. The largest absolute Gasteiger partial charge is 0.354 e. The Hall–Kier alpha value is -3.67. The fourth-order valence-electron chi connectivity index (χ4n) is 2.86. The number of hydrogen-bond acceptors (Lipinski definition) is 3. The molecule has 0 atom stereocenters. The van der Waals surface area contributed by atoms with Crippen LogP contribution in [0.25, 0.3) is 0 Å². The second-order valence-corrected chi connectivity index (χ2v) is 6.87. The van der Waals surface area contributed by atoms with E-state index in [0.717, 1.165) is 11.3 Å². The van der Waals surface area contributed by atoms with Crippen molar-refractivity contribution in [2.75, 3.05) is 10.6 Å². The maximum absolute atomic E-state index is 12.4. The van der Waals surface area contributed by atoms with Crippen LogP contribution in [-0.4, -0.2) is 16.4 Å². The molecule has 0 aliphatic heterocycles. The standard InChI is InChI=1S/C23H23N3O3/c1-16-14-21(27)20(15-26(16)2)23(29)25-19-11-9-18(10-12-19)24-22(28)13-8-17-6-4-3-5-7-17/h3-7,9-12,14-15H,8,13H2,1-2H3,(H,24,28)(H,25,29). The monoisotopic (exact) mass is 389 g/mol. The highest BCUT2D eigenvalue weighted by Crippen LogP contribution is 2.15. The van der Waals surface area contributed by atoms with Crippen LogP contribution < -0.4 is 16.1 Å². The van der Waals surface area contributed by atoms with Gasteiger partial charge in [0.1, 0.15) is 5.56 Å². The Morgan fingerprint density at radius 3 is 2.21 bits per heavy atom. The number of hydrogen-bond donors (Lipinski definition) is 2. The minimum atomic E-state index is -0.467. The van der Waals surface area contributed by atoms with Crippen molar-refractivity contribution in [2.45, 2.75) is 19.8 Å². The third kappa shape index (κ3) is 5.42. The van der Waals surface area contributed by atoms with Crippen LogP contribution in [0.5, 0.6) is 0 Å². The number of nitrogens with zero attached hydrogens (tertiary/aromatic N) is 1. The van der Waals surface area contributed by atoms with Crippen molar-refractivity contribution in [3.05, 3.63) is 93.9 Å². The van der Waals surface area contributed by atoms with E-state index in [1.54, 1.807) is 42.8 Å². The number of amides is 2. The van der Waals surface area contributed by atoms with Crippen molar-refractivity contribution in [1.29, 1.82) is 0 Å². The van der Waals surface area contributed by atoms with Gasteiger partial charge in [0.25, 0.3) is 5.91 Å². The molecule has 0 radical (unpaired) electrons. The lowest BCUT2D eigenvalue weighted by Crippen LogP contribution is -2.23. The molecule has 0 saturated carbocycles. The zero-order chi connectivity index (χ0) is 20.8. The van der Waals surface area contributed by atoms with E-state index < -0.39 is 5.91 Å². The van der Waals surface area contributed by atoms with Crippen molar-refractivity contribution in [3.8, 4) is 0 Å². The van der Waals surface area contributed by atoms with Gasteiger partial charge in [0.05, 0.1) is 0 Å². The van der Waals surface area contributed by atoms with Gasteiger partial charge in [-0.2, -0.15) is 0 Å². The van der Waals surface area contributed by atoms with E-state index in [-0.39, 0.29) is 16.9 Å². The molecule has 3 aromatic rings. The Balaban J connectivity index is 1.57. The van der Waals surface area contributed by atoms with E-state index in [9.17, 15) is 14.4 Å². The van der Waals surface area contributed by atoms with Crippen LogP contribution in [0.2, 0.25) is 0 Å². The molecule has 2 aromatic carbocycles. The zero-order valence-electron chi connectivity index (χ0n) is 16.4. The van der Waals surface area contributed by atoms with Crippen molar-refractivity contribution in [3.63, 3.8) is 0 Å². The fourth-order valence-corrected chi connectivity index (χ4v) is 2.86. The van der Waals surface area contributed by atoms with E-state index in [2.05, 4.69) is 10.6 Å². The Morgan fingerprint density at radius 2 is 1.55 bits per heavy atom. The van der Waals surface area contributed by atoms with E-state index in [1.807, 2.05) is 30.3 Å². The molecule has 6 nitrogen and oxygen atoms in total. The maximum Gasteiger partial charge on any atom is 0.261 e. The number of aromatic nitrogens is 1. The smallest absolute Gasteiger partial charge is 0.261 e. The number of carbonyl (C=O) groups excluding carboxylic acids is 2. The van der Waals surface area contributed by atoms with Gasteiger partial charge >= 0.3 is 0 Å². The average Bonchev–Trinajstić information content (AvgIpc) is 2.71. The topological polar surface area (TPSA) is 80.2 Å². The first kappa shape index (κ1) is 20.1. The van der Waals surface area contributed by atoms with Crippen LogP contribution in [0, 0.1) is 6.92 Å². The highest BCUT2D eigenvalue weighted by molar-refractivity contribution is 6.04. The zero-order valence-corrected chi connectivity index (χ0v) is 16.4. The lowest BCUT2D eigenvalue weighted by molar-refractivity contribution is -0.116. The van der Waals surface area contributed by atoms with Crippen molar-refractivity contribution >= 4 is 23.2 Å². The number of pyridine rings is 1. The third-order valence-electron chi connectivity index (χ3n) is 4.64. The molecule has 2 amide bonds. The average molecular weight is 389 g/mol. The van der Waals surface area contributed by atoms with Crippen LogP contribution >= 0.6 is 0 Å². The summed E-state index contributed by atoms with van der Waals surface area (Å²) in [6.07, 6.45) is 2.58. The van der Waals surface area contributed by atoms with Gasteiger partial charge in [0, 0.05) is 42.8 Å². The molecule has 3 rings (SSSR count). The molecule has 2 N–H and O–H groups in total. The molecule has 0 unspecified atom stereocenters. The Kier molecular flexibility index (Phi) is 6.24. The Labute approximate surface area is 169 Å². The van der Waals surface area contributed by atoms with Crippen LogP contribution in [0.4, 0.5) is 11.4 Å². The lowest BCUT2D eigenvalue weighted by Gasteiger charge is -2.09. The van der Waals surface area contributed by atoms with Gasteiger partial charge < -0.3 is 15.2 Å². The van der Waals surface area contributed by atoms with E-state index in [4.69, 9.17) is 0 Å². The molecular weight excluding hydrogens is 366 g/mol. The molecule has 0 aliphatic carbocycles. The fraction of sp³-hybridized carbons (Fsp3) is 0.174. The molecule has 0 saturated heterocycles. The number of anilines is 2. The molecule has 1 aromatic heterocycles. The number of rotatable bonds is 6. The molecule has 29 heavy (non-hydrogen) atoms. The molecular formula is C23H23N3O3. The van der Waals surface area contributed by atoms with Gasteiger partial charge in [-0.1, -0.05) is 30.3 Å². The summed E-state index contributed by atoms with van der Waals surface area (Å²) in [6, 6.07) is 18.1. The highest BCUT2D eigenvalue weighted by atomic mass is 16.2. The van der Waals surface area contributed by atoms with Crippen LogP contribution in [0.3, 0.4) is 0 Å². The summed E-state index contributed by atoms with van der Waals surface area (Å²) in [5.74, 6) is -0.543. The van der Waals surface area contributed by atoms with Crippen molar-refractivity contribution < 1.29 is 9.59 Å². The van der Waals surface area contributed by atoms with Gasteiger partial charge in [-0.15, -0.1) is 0 Å². The summed E-state index contributed by atoms with van der Waals surface area (Å²) in [6.45, 7) is 1.80. The van der Waals surface area contributed by atoms with Gasteiger partial charge in [0.2, 0.25) is 5.91 Å². The highest BCUT2D eigenvalue weighted by Gasteiger charge is 2.12. The first-order chi connectivity index (χ1) is 13.9. The number of aryl methyl sites for hydroxylation is 3. The summed E-state index contributed by atoms with van der Waals surface area (Å²) in [5, 5.41) is 5.55. The first-order valence-electron chi connectivity index (χ1n) is 9.35. The molecule has 1 heterocycles. The summed E-state index contributed by atoms with van der Waals surface area (Å²) in [5.41, 5.74) is 2.84. The summed E-state index contributed by atoms with van der Waals surface area (Å²) >= 11 is 0. The SMILES string of the molecule is Cc1cc(=O)c(C(=O)Nc2ccc(NC(=O)CCc3ccccc3)cc2)cn1C. The summed E-state index contributed by atoms with van der Waals surface area (Å²) < 4.78 is 1.73. The van der Waals surface area contributed by atoms with Gasteiger partial charge in [0.15, 0.2) is 5.43 Å². The quantitative estimate of drug-likeness (QED) is 0.677. The third-order valence-corrected chi connectivity index (χ3v) is 4.64. The molecule has 6 heteroatoms. The predicted octanol–water partition coefficient (Wildman–Crippen LogP) is 3.52. The van der Waals surface area contributed by atoms with Gasteiger partial charge in [-0.25, -0.2) is 0 Å². The van der Waals surface area contributed by atoms with Crippen LogP contribution in [0.15, 0.2) is 71.7 Å². The maximum atomic E-state index is 12.4. The summed E-state index contributed by atoms with van der Waals surface area (Å²) in [7, 11) is 1.78. The number of nitrogens with one attached hydrogen (secondary N) is 2. The molecule has 0 bridgehead atoms. The molecule has 0 aliphatic rings. The number of carbonyl (C=O) groups is 2. The lowest BCUT2D eigenvalue weighted by atomic mass is 10.1. The second-order valence-electron chi connectivity index (χ2n) is 6.87. The minimum absolute atomic E-state index is 0.0752. The van der Waals surface area contributed by atoms with Crippen molar-refractivity contribution in [1.82, 2.24) is 4.57 Å². The van der Waals surface area contributed by atoms with E-state index >= 15 is 0 Å². The van der Waals surface area contributed by atoms with Crippen LogP contribution in [-0.2, 0) is 18.3 Å². The Morgan fingerprint density at radius 1 is 0.931 bits per heavy atom. The molecule has 0 fully saturated rings. The van der Waals surface area contributed by atoms with Gasteiger partial charge in [-0.05, 0) is 43.2 Å². The number of benzene rings is 2. The predicted molar refractivity (Wildman–Crippen MR) is 114 cm³/mol. The summed E-state index contributed by atoms with van der Waals surface area (Å²) in [4.78, 5) is 36.5. The Bertz CT molecular complexity index is 1070. The van der Waals surface area contributed by atoms with Crippen molar-refractivity contribution in [2.24, 2.45) is 7.05 Å². The van der Waals surface area contributed by atoms with Gasteiger partial charge in [-0.3, -0.25) is 14.4 Å². The van der Waals surface area contributed by atoms with E-state index in [1.165, 1.54) is 12.3 Å². The van der Waals surface area contributed by atoms with Crippen LogP contribution in [0.1, 0.15) is 28.0 Å². The molecule has 148 valence electrons. The molecule has 0 spiro atoms. The second kappa shape index (κ2) is 9.01. The normalized spacial score (nSPS) is 10.4. The van der Waals surface area contributed by atoms with E-state index in [0.29, 0.717) is 24.2 Å². The first-order valence-corrected chi connectivity index (χ1v) is 9.35.